The predicted octanol–water partition coefficient (Wildman–Crippen LogP) is 4.77. The van der Waals surface area contributed by atoms with E-state index in [9.17, 15) is 4.79 Å². The van der Waals surface area contributed by atoms with Crippen LogP contribution in [0.5, 0.6) is 5.75 Å². The zero-order valence-electron chi connectivity index (χ0n) is 14.0. The summed E-state index contributed by atoms with van der Waals surface area (Å²) < 4.78 is 5.61. The molecule has 25 heavy (non-hydrogen) atoms. The van der Waals surface area contributed by atoms with E-state index in [1.54, 1.807) is 36.4 Å². The van der Waals surface area contributed by atoms with Crippen LogP contribution in [0.1, 0.15) is 5.56 Å². The van der Waals surface area contributed by atoms with Gasteiger partial charge in [0, 0.05) is 22.3 Å². The molecular formula is C18H19Cl3N2O2. The number of hydrogen-bond acceptors (Lipinski definition) is 3. The second-order valence-electron chi connectivity index (χ2n) is 5.72. The minimum Gasteiger partial charge on any atom is -0.491 e. The van der Waals surface area contributed by atoms with Gasteiger partial charge >= 0.3 is 0 Å². The molecule has 1 N–H and O–H groups in total. The fraction of sp³-hybridized carbons (Fsp3) is 0.278. The van der Waals surface area contributed by atoms with E-state index in [0.29, 0.717) is 38.7 Å². The third-order valence-corrected chi connectivity index (χ3v) is 4.41. The first-order valence-corrected chi connectivity index (χ1v) is 8.80. The normalized spacial score (nSPS) is 10.8. The Balaban J connectivity index is 1.98. The Hall–Kier alpha value is -1.46. The van der Waals surface area contributed by atoms with Crippen LogP contribution in [0.15, 0.2) is 36.4 Å². The molecule has 2 aromatic rings. The highest BCUT2D eigenvalue weighted by atomic mass is 35.5. The second-order valence-corrected chi connectivity index (χ2v) is 6.94. The van der Waals surface area contributed by atoms with Gasteiger partial charge in [0.1, 0.15) is 12.4 Å². The molecule has 134 valence electrons. The van der Waals surface area contributed by atoms with E-state index >= 15 is 0 Å². The number of carbonyl (C=O) groups excluding carboxylic acids is 1. The van der Waals surface area contributed by atoms with E-state index in [4.69, 9.17) is 39.5 Å². The topological polar surface area (TPSA) is 41.6 Å². The molecular weight excluding hydrogens is 383 g/mol. The van der Waals surface area contributed by atoms with Gasteiger partial charge in [-0.1, -0.05) is 40.9 Å². The maximum Gasteiger partial charge on any atom is 0.228 e. The van der Waals surface area contributed by atoms with Gasteiger partial charge in [0.15, 0.2) is 0 Å². The summed E-state index contributed by atoms with van der Waals surface area (Å²) >= 11 is 18.4. The first-order chi connectivity index (χ1) is 11.9. The lowest BCUT2D eigenvalue weighted by Gasteiger charge is -2.13. The monoisotopic (exact) mass is 400 g/mol. The molecule has 0 spiro atoms. The summed E-state index contributed by atoms with van der Waals surface area (Å²) in [6.45, 7) is 1.32. The minimum atomic E-state index is -0.229. The lowest BCUT2D eigenvalue weighted by Crippen LogP contribution is -2.19. The van der Waals surface area contributed by atoms with Crippen LogP contribution in [0, 0.1) is 0 Å². The Bertz CT molecular complexity index is 731. The molecule has 2 aromatic carbocycles. The molecule has 0 aromatic heterocycles. The lowest BCUT2D eigenvalue weighted by molar-refractivity contribution is -0.115. The molecule has 0 unspecified atom stereocenters. The van der Waals surface area contributed by atoms with Crippen molar-refractivity contribution in [2.75, 3.05) is 32.6 Å². The van der Waals surface area contributed by atoms with Gasteiger partial charge in [0.25, 0.3) is 0 Å². The van der Waals surface area contributed by atoms with Crippen molar-refractivity contribution in [1.82, 2.24) is 4.90 Å². The van der Waals surface area contributed by atoms with Crippen molar-refractivity contribution in [3.05, 3.63) is 57.0 Å². The molecule has 0 atom stereocenters. The molecule has 0 fully saturated rings. The van der Waals surface area contributed by atoms with Gasteiger partial charge in [-0.25, -0.2) is 0 Å². The molecule has 0 aliphatic heterocycles. The molecule has 4 nitrogen and oxygen atoms in total. The largest absolute Gasteiger partial charge is 0.491 e. The van der Waals surface area contributed by atoms with Crippen molar-refractivity contribution in [1.29, 1.82) is 0 Å². The molecule has 0 saturated heterocycles. The van der Waals surface area contributed by atoms with Gasteiger partial charge in [-0.3, -0.25) is 4.79 Å². The number of hydrogen-bond donors (Lipinski definition) is 1. The average molecular weight is 402 g/mol. The molecule has 0 bridgehead atoms. The van der Waals surface area contributed by atoms with E-state index in [-0.39, 0.29) is 12.3 Å². The number of nitrogens with one attached hydrogen (secondary N) is 1. The average Bonchev–Trinajstić information content (AvgIpc) is 2.53. The van der Waals surface area contributed by atoms with E-state index in [1.807, 2.05) is 19.0 Å². The van der Waals surface area contributed by atoms with Crippen molar-refractivity contribution in [3.63, 3.8) is 0 Å². The fourth-order valence-corrected chi connectivity index (χ4v) is 2.87. The van der Waals surface area contributed by atoms with Crippen molar-refractivity contribution >= 4 is 46.4 Å². The van der Waals surface area contributed by atoms with Crippen molar-refractivity contribution < 1.29 is 9.53 Å². The van der Waals surface area contributed by atoms with E-state index in [2.05, 4.69) is 5.32 Å². The van der Waals surface area contributed by atoms with Gasteiger partial charge in [-0.2, -0.15) is 0 Å². The van der Waals surface area contributed by atoms with Gasteiger partial charge in [0.05, 0.1) is 11.4 Å². The SMILES string of the molecule is CN(C)CCOc1ccc(NC(=O)Cc2c(Cl)cccc2Cl)cc1Cl. The summed E-state index contributed by atoms with van der Waals surface area (Å²) in [7, 11) is 3.93. The third-order valence-electron chi connectivity index (χ3n) is 3.41. The number of halogens is 3. The van der Waals surface area contributed by atoms with Crippen LogP contribution in [-0.4, -0.2) is 38.1 Å². The summed E-state index contributed by atoms with van der Waals surface area (Å²) in [5.41, 5.74) is 1.18. The van der Waals surface area contributed by atoms with Gasteiger partial charge < -0.3 is 15.0 Å². The molecule has 0 aliphatic rings. The van der Waals surface area contributed by atoms with Gasteiger partial charge in [-0.15, -0.1) is 0 Å². The zero-order valence-corrected chi connectivity index (χ0v) is 16.3. The molecule has 1 amide bonds. The maximum absolute atomic E-state index is 12.2. The first kappa shape index (κ1) is 19.9. The standard InChI is InChI=1S/C18H19Cl3N2O2/c1-23(2)8-9-25-17-7-6-12(10-16(17)21)22-18(24)11-13-14(19)4-3-5-15(13)20/h3-7,10H,8-9,11H2,1-2H3,(H,22,24). The Morgan fingerprint density at radius 3 is 2.36 bits per heavy atom. The number of benzene rings is 2. The molecule has 0 aliphatic carbocycles. The van der Waals surface area contributed by atoms with Crippen LogP contribution in [0.3, 0.4) is 0 Å². The minimum absolute atomic E-state index is 0.0806. The Labute approximate surface area is 162 Å². The number of rotatable bonds is 7. The number of likely N-dealkylation sites (N-methyl/N-ethyl adjacent to an activating group) is 1. The summed E-state index contributed by atoms with van der Waals surface area (Å²) in [6, 6.07) is 10.3. The number of ether oxygens (including phenoxy) is 1. The van der Waals surface area contributed by atoms with Crippen LogP contribution < -0.4 is 10.1 Å². The summed E-state index contributed by atoms with van der Waals surface area (Å²) in [4.78, 5) is 14.2. The number of nitrogens with zero attached hydrogens (tertiary/aromatic N) is 1. The smallest absolute Gasteiger partial charge is 0.228 e. The summed E-state index contributed by atoms with van der Waals surface area (Å²) in [5.74, 6) is 0.350. The number of carbonyl (C=O) groups is 1. The Kier molecular flexibility index (Phi) is 7.38. The highest BCUT2D eigenvalue weighted by molar-refractivity contribution is 6.36. The van der Waals surface area contributed by atoms with Gasteiger partial charge in [-0.05, 0) is 50.0 Å². The highest BCUT2D eigenvalue weighted by Gasteiger charge is 2.12. The number of amides is 1. The lowest BCUT2D eigenvalue weighted by atomic mass is 10.1. The van der Waals surface area contributed by atoms with Crippen molar-refractivity contribution in [3.8, 4) is 5.75 Å². The van der Waals surface area contributed by atoms with E-state index < -0.39 is 0 Å². The Morgan fingerprint density at radius 2 is 1.76 bits per heavy atom. The molecule has 7 heteroatoms. The maximum atomic E-state index is 12.2. The first-order valence-electron chi connectivity index (χ1n) is 7.66. The summed E-state index contributed by atoms with van der Waals surface area (Å²) in [5, 5.41) is 4.15. The third kappa shape index (κ3) is 6.08. The Morgan fingerprint density at radius 1 is 1.08 bits per heavy atom. The van der Waals surface area contributed by atoms with Crippen LogP contribution in [0.4, 0.5) is 5.69 Å². The van der Waals surface area contributed by atoms with Crippen LogP contribution >= 0.6 is 34.8 Å². The van der Waals surface area contributed by atoms with Crippen molar-refractivity contribution in [2.45, 2.75) is 6.42 Å². The van der Waals surface area contributed by atoms with Crippen LogP contribution in [0.2, 0.25) is 15.1 Å². The quantitative estimate of drug-likeness (QED) is 0.726. The van der Waals surface area contributed by atoms with E-state index in [0.717, 1.165) is 6.54 Å². The van der Waals surface area contributed by atoms with Crippen LogP contribution in [0.25, 0.3) is 0 Å². The van der Waals surface area contributed by atoms with E-state index in [1.165, 1.54) is 0 Å². The zero-order chi connectivity index (χ0) is 18.4. The highest BCUT2D eigenvalue weighted by Crippen LogP contribution is 2.28. The fourth-order valence-electron chi connectivity index (χ4n) is 2.10. The molecule has 0 radical (unpaired) electrons. The summed E-state index contributed by atoms with van der Waals surface area (Å²) in [6.07, 6.45) is 0.0806. The number of anilines is 1. The van der Waals surface area contributed by atoms with Crippen molar-refractivity contribution in [2.24, 2.45) is 0 Å². The molecule has 0 saturated carbocycles. The predicted molar refractivity (Wildman–Crippen MR) is 104 cm³/mol. The molecule has 0 heterocycles. The van der Waals surface area contributed by atoms with Gasteiger partial charge in [0.2, 0.25) is 5.91 Å². The van der Waals surface area contributed by atoms with Crippen LogP contribution in [-0.2, 0) is 11.2 Å². The second kappa shape index (κ2) is 9.30. The molecule has 2 rings (SSSR count).